The Morgan fingerprint density at radius 3 is 2.33 bits per heavy atom. The molecular weight excluding hydrogens is 200 g/mol. The van der Waals surface area contributed by atoms with Crippen molar-refractivity contribution in [3.63, 3.8) is 0 Å². The van der Waals surface area contributed by atoms with Gasteiger partial charge < -0.3 is 4.74 Å². The molecule has 0 radical (unpaired) electrons. The van der Waals surface area contributed by atoms with E-state index in [1.807, 2.05) is 0 Å². The van der Waals surface area contributed by atoms with Crippen LogP contribution in [0.3, 0.4) is 0 Å². The highest BCUT2D eigenvalue weighted by Gasteiger charge is 2.34. The van der Waals surface area contributed by atoms with Gasteiger partial charge in [-0.2, -0.15) is 0 Å². The molecule has 0 heterocycles. The van der Waals surface area contributed by atoms with E-state index in [2.05, 4.69) is 0 Å². The predicted molar refractivity (Wildman–Crippen MR) is 47.8 cm³/mol. The lowest BCUT2D eigenvalue weighted by Crippen LogP contribution is -2.35. The highest BCUT2D eigenvalue weighted by Crippen LogP contribution is 2.28. The summed E-state index contributed by atoms with van der Waals surface area (Å²) in [6.07, 6.45) is 3.18. The number of ether oxygens (including phenoxy) is 1. The van der Waals surface area contributed by atoms with Crippen LogP contribution in [0.25, 0.3) is 0 Å². The van der Waals surface area contributed by atoms with Crippen LogP contribution in [-0.4, -0.2) is 26.9 Å². The second-order valence-corrected chi connectivity index (χ2v) is 5.92. The highest BCUT2D eigenvalue weighted by atomic mass is 35.7. The summed E-state index contributed by atoms with van der Waals surface area (Å²) in [6, 6.07) is 0. The minimum atomic E-state index is -3.44. The van der Waals surface area contributed by atoms with Crippen molar-refractivity contribution in [3.8, 4) is 0 Å². The maximum atomic E-state index is 11.0. The molecule has 0 aliphatic heterocycles. The summed E-state index contributed by atoms with van der Waals surface area (Å²) in [5.41, 5.74) is 0. The molecule has 0 aromatic heterocycles. The Morgan fingerprint density at radius 1 is 1.33 bits per heavy atom. The van der Waals surface area contributed by atoms with Crippen LogP contribution in [0.1, 0.15) is 25.7 Å². The molecule has 72 valence electrons. The van der Waals surface area contributed by atoms with E-state index in [1.165, 1.54) is 7.11 Å². The Hall–Kier alpha value is 0.200. The molecule has 1 fully saturated rings. The van der Waals surface area contributed by atoms with E-state index in [9.17, 15) is 8.42 Å². The number of rotatable bonds is 2. The van der Waals surface area contributed by atoms with Crippen molar-refractivity contribution in [2.75, 3.05) is 7.11 Å². The first-order chi connectivity index (χ1) is 5.55. The second kappa shape index (κ2) is 3.94. The number of hydrogen-bond donors (Lipinski definition) is 0. The number of halogens is 1. The number of hydrogen-bond acceptors (Lipinski definition) is 3. The molecule has 0 amide bonds. The Bertz CT molecular complexity index is 237. The zero-order chi connectivity index (χ0) is 9.19. The average Bonchev–Trinajstić information content (AvgIpc) is 2.03. The normalized spacial score (nSPS) is 31.8. The molecule has 5 heteroatoms. The molecule has 0 unspecified atom stereocenters. The van der Waals surface area contributed by atoms with Crippen LogP contribution in [0.5, 0.6) is 0 Å². The van der Waals surface area contributed by atoms with E-state index in [-0.39, 0.29) is 6.10 Å². The standard InChI is InChI=1S/C7H13ClO3S/c1-11-6-4-2-3-5-7(6)12(8,9)10/h6-7H,2-5H2,1H3/t6-,7-/m1/s1. The van der Waals surface area contributed by atoms with Crippen molar-refractivity contribution in [3.05, 3.63) is 0 Å². The average molecular weight is 213 g/mol. The molecule has 1 rings (SSSR count). The lowest BCUT2D eigenvalue weighted by atomic mass is 9.97. The maximum absolute atomic E-state index is 11.0. The summed E-state index contributed by atoms with van der Waals surface area (Å²) in [5, 5.41) is -0.502. The zero-order valence-corrected chi connectivity index (χ0v) is 8.57. The zero-order valence-electron chi connectivity index (χ0n) is 6.99. The van der Waals surface area contributed by atoms with Gasteiger partial charge in [-0.25, -0.2) is 8.42 Å². The van der Waals surface area contributed by atoms with Gasteiger partial charge in [0.1, 0.15) is 5.25 Å². The molecule has 1 aliphatic carbocycles. The Labute approximate surface area is 77.5 Å². The molecule has 0 aromatic rings. The van der Waals surface area contributed by atoms with Crippen molar-refractivity contribution in [2.24, 2.45) is 0 Å². The first kappa shape index (κ1) is 10.3. The summed E-state index contributed by atoms with van der Waals surface area (Å²) < 4.78 is 27.1. The molecule has 12 heavy (non-hydrogen) atoms. The van der Waals surface area contributed by atoms with Crippen LogP contribution in [0.4, 0.5) is 0 Å². The fourth-order valence-electron chi connectivity index (χ4n) is 1.65. The SMILES string of the molecule is CO[C@@H]1CCCC[C@H]1S(=O)(=O)Cl. The molecule has 3 nitrogen and oxygen atoms in total. The summed E-state index contributed by atoms with van der Waals surface area (Å²) in [5.74, 6) is 0. The van der Waals surface area contributed by atoms with E-state index in [4.69, 9.17) is 15.4 Å². The molecule has 1 aliphatic rings. The molecule has 0 aromatic carbocycles. The maximum Gasteiger partial charge on any atom is 0.238 e. The van der Waals surface area contributed by atoms with Crippen molar-refractivity contribution in [2.45, 2.75) is 37.0 Å². The molecule has 2 atom stereocenters. The van der Waals surface area contributed by atoms with Crippen LogP contribution >= 0.6 is 10.7 Å². The molecule has 0 N–H and O–H groups in total. The van der Waals surface area contributed by atoms with Crippen LogP contribution in [0.15, 0.2) is 0 Å². The minimum Gasteiger partial charge on any atom is -0.380 e. The van der Waals surface area contributed by atoms with E-state index in [0.717, 1.165) is 19.3 Å². The van der Waals surface area contributed by atoms with Crippen LogP contribution in [0.2, 0.25) is 0 Å². The van der Waals surface area contributed by atoms with Crippen molar-refractivity contribution in [1.82, 2.24) is 0 Å². The van der Waals surface area contributed by atoms with Crippen molar-refractivity contribution < 1.29 is 13.2 Å². The Kier molecular flexibility index (Phi) is 3.37. The molecular formula is C7H13ClO3S. The summed E-state index contributed by atoms with van der Waals surface area (Å²) in [7, 11) is 3.37. The Balaban J connectivity index is 2.72. The van der Waals surface area contributed by atoms with Gasteiger partial charge in [0, 0.05) is 17.8 Å². The second-order valence-electron chi connectivity index (χ2n) is 3.07. The molecule has 0 saturated heterocycles. The van der Waals surface area contributed by atoms with Gasteiger partial charge in [-0.3, -0.25) is 0 Å². The Morgan fingerprint density at radius 2 is 1.92 bits per heavy atom. The fraction of sp³-hybridized carbons (Fsp3) is 1.00. The third-order valence-electron chi connectivity index (χ3n) is 2.31. The minimum absolute atomic E-state index is 0.207. The summed E-state index contributed by atoms with van der Waals surface area (Å²) in [6.45, 7) is 0. The summed E-state index contributed by atoms with van der Waals surface area (Å²) in [4.78, 5) is 0. The third-order valence-corrected chi connectivity index (χ3v) is 4.26. The lowest BCUT2D eigenvalue weighted by Gasteiger charge is -2.27. The van der Waals surface area contributed by atoms with Gasteiger partial charge in [0.25, 0.3) is 0 Å². The van der Waals surface area contributed by atoms with E-state index >= 15 is 0 Å². The predicted octanol–water partition coefficient (Wildman–Crippen LogP) is 1.51. The first-order valence-corrected chi connectivity index (χ1v) is 6.39. The first-order valence-electron chi connectivity index (χ1n) is 4.02. The van der Waals surface area contributed by atoms with Gasteiger partial charge >= 0.3 is 0 Å². The van der Waals surface area contributed by atoms with Gasteiger partial charge in [0.05, 0.1) is 6.10 Å². The van der Waals surface area contributed by atoms with Crippen LogP contribution < -0.4 is 0 Å². The molecule has 0 bridgehead atoms. The van der Waals surface area contributed by atoms with Crippen molar-refractivity contribution in [1.29, 1.82) is 0 Å². The molecule has 0 spiro atoms. The van der Waals surface area contributed by atoms with Gasteiger partial charge in [-0.15, -0.1) is 0 Å². The van der Waals surface area contributed by atoms with Crippen LogP contribution in [0, 0.1) is 0 Å². The fourth-order valence-corrected chi connectivity index (χ4v) is 3.32. The van der Waals surface area contributed by atoms with Crippen LogP contribution in [-0.2, 0) is 13.8 Å². The lowest BCUT2D eigenvalue weighted by molar-refractivity contribution is 0.0743. The highest BCUT2D eigenvalue weighted by molar-refractivity contribution is 8.14. The van der Waals surface area contributed by atoms with Gasteiger partial charge in [-0.1, -0.05) is 12.8 Å². The summed E-state index contributed by atoms with van der Waals surface area (Å²) >= 11 is 0. The van der Waals surface area contributed by atoms with E-state index in [1.54, 1.807) is 0 Å². The largest absolute Gasteiger partial charge is 0.380 e. The number of methoxy groups -OCH3 is 1. The van der Waals surface area contributed by atoms with Gasteiger partial charge in [0.15, 0.2) is 0 Å². The van der Waals surface area contributed by atoms with E-state index < -0.39 is 14.3 Å². The van der Waals surface area contributed by atoms with Crippen molar-refractivity contribution >= 4 is 19.7 Å². The van der Waals surface area contributed by atoms with Gasteiger partial charge in [0.2, 0.25) is 9.05 Å². The molecule has 1 saturated carbocycles. The topological polar surface area (TPSA) is 43.4 Å². The third kappa shape index (κ3) is 2.34. The van der Waals surface area contributed by atoms with Gasteiger partial charge in [-0.05, 0) is 12.8 Å². The quantitative estimate of drug-likeness (QED) is 0.652. The van der Waals surface area contributed by atoms with E-state index in [0.29, 0.717) is 6.42 Å². The smallest absolute Gasteiger partial charge is 0.238 e. The monoisotopic (exact) mass is 212 g/mol.